The third kappa shape index (κ3) is 2.98. The van der Waals surface area contributed by atoms with Crippen molar-refractivity contribution in [2.75, 3.05) is 14.1 Å². The van der Waals surface area contributed by atoms with E-state index in [0.717, 1.165) is 28.7 Å². The number of rotatable bonds is 4. The third-order valence-corrected chi connectivity index (χ3v) is 5.18. The first kappa shape index (κ1) is 16.8. The summed E-state index contributed by atoms with van der Waals surface area (Å²) in [6, 6.07) is 19.6. The number of fused-ring (bicyclic) bond motifs is 2. The maximum Gasteiger partial charge on any atom is 0.137 e. The molecule has 0 fully saturated rings. The molecule has 0 amide bonds. The minimum Gasteiger partial charge on any atom is -0.361 e. The van der Waals surface area contributed by atoms with E-state index in [1.54, 1.807) is 0 Å². The minimum atomic E-state index is 0.914. The quantitative estimate of drug-likeness (QED) is 0.445. The van der Waals surface area contributed by atoms with E-state index in [1.165, 1.54) is 27.6 Å². The highest BCUT2D eigenvalue weighted by molar-refractivity contribution is 5.98. The Labute approximate surface area is 163 Å². The molecule has 0 saturated carbocycles. The molecule has 3 aromatic heterocycles. The Morgan fingerprint density at radius 1 is 0.857 bits per heavy atom. The molecule has 3 heterocycles. The number of benzene rings is 2. The minimum absolute atomic E-state index is 0.914. The van der Waals surface area contributed by atoms with Gasteiger partial charge < -0.3 is 14.9 Å². The van der Waals surface area contributed by atoms with E-state index in [0.29, 0.717) is 0 Å². The summed E-state index contributed by atoms with van der Waals surface area (Å²) in [6.45, 7) is 0.946. The molecule has 2 N–H and O–H groups in total. The van der Waals surface area contributed by atoms with Gasteiger partial charge in [-0.1, -0.05) is 30.3 Å². The highest BCUT2D eigenvalue weighted by Crippen LogP contribution is 2.32. The molecule has 0 unspecified atom stereocenters. The Morgan fingerprint density at radius 2 is 1.68 bits per heavy atom. The fraction of sp³-hybridized carbons (Fsp3) is 0.125. The lowest BCUT2D eigenvalue weighted by Crippen LogP contribution is -2.10. The fourth-order valence-electron chi connectivity index (χ4n) is 3.79. The van der Waals surface area contributed by atoms with Crippen LogP contribution in [0.4, 0.5) is 0 Å². The Hall–Kier alpha value is -3.37. The van der Waals surface area contributed by atoms with Crippen molar-refractivity contribution in [2.24, 2.45) is 0 Å². The predicted octanol–water partition coefficient (Wildman–Crippen LogP) is 5.44. The molecular weight excluding hydrogens is 344 g/mol. The summed E-state index contributed by atoms with van der Waals surface area (Å²) in [4.78, 5) is 13.4. The number of aromatic nitrogens is 3. The maximum atomic E-state index is 4.66. The van der Waals surface area contributed by atoms with Gasteiger partial charge in [-0.3, -0.25) is 0 Å². The monoisotopic (exact) mass is 366 g/mol. The van der Waals surface area contributed by atoms with Crippen molar-refractivity contribution in [3.05, 3.63) is 78.8 Å². The number of hydrogen-bond acceptors (Lipinski definition) is 2. The van der Waals surface area contributed by atoms with Crippen molar-refractivity contribution in [3.8, 4) is 22.3 Å². The van der Waals surface area contributed by atoms with Gasteiger partial charge in [-0.15, -0.1) is 0 Å². The average molecular weight is 366 g/mol. The second kappa shape index (κ2) is 6.66. The van der Waals surface area contributed by atoms with Crippen LogP contribution in [0.15, 0.2) is 73.2 Å². The van der Waals surface area contributed by atoms with Crippen molar-refractivity contribution in [1.29, 1.82) is 0 Å². The molecule has 0 aliphatic rings. The highest BCUT2D eigenvalue weighted by atomic mass is 15.0. The summed E-state index contributed by atoms with van der Waals surface area (Å²) in [5.41, 5.74) is 8.07. The molecule has 0 saturated heterocycles. The van der Waals surface area contributed by atoms with Gasteiger partial charge in [-0.25, -0.2) is 4.98 Å². The van der Waals surface area contributed by atoms with Gasteiger partial charge in [0, 0.05) is 47.2 Å². The Kier molecular flexibility index (Phi) is 3.99. The van der Waals surface area contributed by atoms with E-state index in [4.69, 9.17) is 0 Å². The van der Waals surface area contributed by atoms with Crippen LogP contribution in [-0.4, -0.2) is 33.9 Å². The number of nitrogens with zero attached hydrogens (tertiary/aromatic N) is 2. The van der Waals surface area contributed by atoms with Gasteiger partial charge in [0.2, 0.25) is 0 Å². The van der Waals surface area contributed by atoms with Gasteiger partial charge in [-0.05, 0) is 60.4 Å². The SMILES string of the molecule is CN(C)Cc1ccc(-c2cnc3[nH]cc(-c4ccc5[nH]ccc5c4)c3c2)cc1. The zero-order valence-electron chi connectivity index (χ0n) is 16.0. The summed E-state index contributed by atoms with van der Waals surface area (Å²) in [5, 5.41) is 2.36. The predicted molar refractivity (Wildman–Crippen MR) is 116 cm³/mol. The first-order valence-electron chi connectivity index (χ1n) is 9.46. The molecule has 4 nitrogen and oxygen atoms in total. The Balaban J connectivity index is 1.56. The van der Waals surface area contributed by atoms with E-state index >= 15 is 0 Å². The number of hydrogen-bond donors (Lipinski definition) is 2. The van der Waals surface area contributed by atoms with Gasteiger partial charge in [0.25, 0.3) is 0 Å². The smallest absolute Gasteiger partial charge is 0.137 e. The zero-order valence-corrected chi connectivity index (χ0v) is 16.0. The van der Waals surface area contributed by atoms with Crippen LogP contribution in [-0.2, 0) is 6.54 Å². The summed E-state index contributed by atoms with van der Waals surface area (Å²) in [7, 11) is 4.17. The van der Waals surface area contributed by atoms with Crippen LogP contribution >= 0.6 is 0 Å². The molecule has 5 aromatic rings. The van der Waals surface area contributed by atoms with E-state index in [-0.39, 0.29) is 0 Å². The number of pyridine rings is 1. The molecule has 0 bridgehead atoms. The topological polar surface area (TPSA) is 47.7 Å². The van der Waals surface area contributed by atoms with Crippen molar-refractivity contribution in [3.63, 3.8) is 0 Å². The molecule has 0 radical (unpaired) electrons. The van der Waals surface area contributed by atoms with Crippen LogP contribution in [0.1, 0.15) is 5.56 Å². The van der Waals surface area contributed by atoms with E-state index in [2.05, 4.69) is 94.7 Å². The summed E-state index contributed by atoms with van der Waals surface area (Å²) in [5.74, 6) is 0. The van der Waals surface area contributed by atoms with Crippen LogP contribution in [0, 0.1) is 0 Å². The van der Waals surface area contributed by atoms with E-state index in [1.807, 2.05) is 12.4 Å². The molecule has 0 aliphatic carbocycles. The molecule has 138 valence electrons. The first-order chi connectivity index (χ1) is 13.7. The average Bonchev–Trinajstić information content (AvgIpc) is 3.33. The van der Waals surface area contributed by atoms with Crippen molar-refractivity contribution >= 4 is 21.9 Å². The molecular formula is C24H22N4. The van der Waals surface area contributed by atoms with Crippen LogP contribution in [0.25, 0.3) is 44.2 Å². The molecule has 0 aliphatic heterocycles. The molecule has 0 spiro atoms. The zero-order chi connectivity index (χ0) is 19.1. The van der Waals surface area contributed by atoms with Gasteiger partial charge in [0.15, 0.2) is 0 Å². The van der Waals surface area contributed by atoms with Crippen molar-refractivity contribution < 1.29 is 0 Å². The van der Waals surface area contributed by atoms with Gasteiger partial charge >= 0.3 is 0 Å². The summed E-state index contributed by atoms with van der Waals surface area (Å²) in [6.07, 6.45) is 5.97. The molecule has 4 heteroatoms. The van der Waals surface area contributed by atoms with Crippen molar-refractivity contribution in [2.45, 2.75) is 6.54 Å². The first-order valence-corrected chi connectivity index (χ1v) is 9.46. The largest absolute Gasteiger partial charge is 0.361 e. The van der Waals surface area contributed by atoms with Crippen LogP contribution in [0.5, 0.6) is 0 Å². The highest BCUT2D eigenvalue weighted by Gasteiger charge is 2.10. The lowest BCUT2D eigenvalue weighted by atomic mass is 10.0. The molecule has 28 heavy (non-hydrogen) atoms. The molecule has 2 aromatic carbocycles. The number of aromatic amines is 2. The fourth-order valence-corrected chi connectivity index (χ4v) is 3.79. The Bertz CT molecular complexity index is 1260. The van der Waals surface area contributed by atoms with E-state index in [9.17, 15) is 0 Å². The van der Waals surface area contributed by atoms with Crippen LogP contribution in [0.3, 0.4) is 0 Å². The van der Waals surface area contributed by atoms with Crippen LogP contribution in [0.2, 0.25) is 0 Å². The standard InChI is InChI=1S/C24H22N4/c1-28(2)15-16-3-5-17(6-4-16)20-12-21-22(14-27-24(21)26-13-20)18-7-8-23-19(11-18)9-10-25-23/h3-14,25H,15H2,1-2H3,(H,26,27). The third-order valence-electron chi connectivity index (χ3n) is 5.18. The van der Waals surface area contributed by atoms with Gasteiger partial charge in [0.05, 0.1) is 0 Å². The number of nitrogens with one attached hydrogen (secondary N) is 2. The Morgan fingerprint density at radius 3 is 2.50 bits per heavy atom. The molecule has 0 atom stereocenters. The van der Waals surface area contributed by atoms with Gasteiger partial charge in [0.1, 0.15) is 5.65 Å². The summed E-state index contributed by atoms with van der Waals surface area (Å²) < 4.78 is 0. The maximum absolute atomic E-state index is 4.66. The lowest BCUT2D eigenvalue weighted by Gasteiger charge is -2.10. The number of H-pyrrole nitrogens is 2. The normalized spacial score (nSPS) is 11.7. The second-order valence-electron chi connectivity index (χ2n) is 7.54. The lowest BCUT2D eigenvalue weighted by molar-refractivity contribution is 0.402. The molecule has 5 rings (SSSR count). The van der Waals surface area contributed by atoms with E-state index < -0.39 is 0 Å². The van der Waals surface area contributed by atoms with Crippen LogP contribution < -0.4 is 0 Å². The summed E-state index contributed by atoms with van der Waals surface area (Å²) >= 11 is 0. The van der Waals surface area contributed by atoms with Gasteiger partial charge in [-0.2, -0.15) is 0 Å². The second-order valence-corrected chi connectivity index (χ2v) is 7.54. The van der Waals surface area contributed by atoms with Crippen molar-refractivity contribution in [1.82, 2.24) is 19.9 Å².